The Labute approximate surface area is 210 Å². The number of carbonyl (C=O) groups is 1. The second-order valence-electron chi connectivity index (χ2n) is 8.03. The van der Waals surface area contributed by atoms with Crippen molar-refractivity contribution in [1.82, 2.24) is 14.6 Å². The molecule has 0 aliphatic rings. The molecule has 1 unspecified atom stereocenters. The lowest BCUT2D eigenvalue weighted by Crippen LogP contribution is -2.27. The van der Waals surface area contributed by atoms with Gasteiger partial charge in [0.1, 0.15) is 5.76 Å². The van der Waals surface area contributed by atoms with Crippen molar-refractivity contribution in [3.8, 4) is 11.3 Å². The number of unbranched alkanes of at least 4 members (excludes halogenated alkanes) is 4. The molecule has 3 aromatic rings. The van der Waals surface area contributed by atoms with Crippen LogP contribution in [0.1, 0.15) is 60.6 Å². The minimum Gasteiger partial charge on any atom is -0.437 e. The van der Waals surface area contributed by atoms with E-state index in [1.165, 1.54) is 10.7 Å². The Hall–Kier alpha value is -1.82. The molecule has 0 bridgehead atoms. The highest BCUT2D eigenvalue weighted by Crippen LogP contribution is 2.34. The molecule has 178 valence electrons. The van der Waals surface area contributed by atoms with Gasteiger partial charge >= 0.3 is 0 Å². The zero-order valence-electron chi connectivity index (χ0n) is 19.2. The van der Waals surface area contributed by atoms with Crippen LogP contribution in [0.2, 0.25) is 0 Å². The lowest BCUT2D eigenvalue weighted by molar-refractivity contribution is 0.0964. The van der Waals surface area contributed by atoms with Gasteiger partial charge in [-0.25, -0.2) is 9.19 Å². The summed E-state index contributed by atoms with van der Waals surface area (Å²) in [7, 11) is 1.59. The number of carbonyl (C=O) groups excluding carboxylic acids is 1. The zero-order valence-corrected chi connectivity index (χ0v) is 22.2. The van der Waals surface area contributed by atoms with Gasteiger partial charge in [-0.2, -0.15) is 4.31 Å². The number of nitrogens with zero attached hydrogens (tertiary/aromatic N) is 2. The minimum absolute atomic E-state index is 0.223. The highest BCUT2D eigenvalue weighted by molar-refractivity contribution is 14.1. The number of rotatable bonds is 11. The van der Waals surface area contributed by atoms with Gasteiger partial charge in [-0.3, -0.25) is 9.35 Å². The van der Waals surface area contributed by atoms with Crippen LogP contribution in [0.5, 0.6) is 0 Å². The quantitative estimate of drug-likeness (QED) is 0.172. The third kappa shape index (κ3) is 6.40. The van der Waals surface area contributed by atoms with Gasteiger partial charge < -0.3 is 9.73 Å². The monoisotopic (exact) mass is 583 g/mol. The molecule has 0 spiro atoms. The zero-order chi connectivity index (χ0) is 24.0. The normalized spacial score (nSPS) is 12.4. The Morgan fingerprint density at radius 3 is 2.55 bits per heavy atom. The summed E-state index contributed by atoms with van der Waals surface area (Å²) in [5.41, 5.74) is 3.32. The van der Waals surface area contributed by atoms with Crippen molar-refractivity contribution in [3.05, 3.63) is 50.7 Å². The summed E-state index contributed by atoms with van der Waals surface area (Å²) in [5.74, 6) is 0.211. The Bertz CT molecular complexity index is 1130. The predicted molar refractivity (Wildman–Crippen MR) is 140 cm³/mol. The van der Waals surface area contributed by atoms with Crippen LogP contribution >= 0.6 is 22.6 Å². The van der Waals surface area contributed by atoms with E-state index in [2.05, 4.69) is 39.8 Å². The molecule has 1 atom stereocenters. The van der Waals surface area contributed by atoms with Gasteiger partial charge in [-0.15, -0.1) is 0 Å². The highest BCUT2D eigenvalue weighted by Gasteiger charge is 2.24. The summed E-state index contributed by atoms with van der Waals surface area (Å²) in [4.78, 5) is 17.4. The van der Waals surface area contributed by atoms with Gasteiger partial charge in [0.25, 0.3) is 5.91 Å². The predicted octanol–water partition coefficient (Wildman–Crippen LogP) is 5.68. The first-order valence-electron chi connectivity index (χ1n) is 11.1. The number of nitrogens with one attached hydrogen (secondary N) is 1. The van der Waals surface area contributed by atoms with E-state index in [9.17, 15) is 13.6 Å². The number of aromatic nitrogens is 1. The molecule has 7 nitrogen and oxygen atoms in total. The van der Waals surface area contributed by atoms with Crippen LogP contribution in [0.3, 0.4) is 0 Å². The van der Waals surface area contributed by atoms with Gasteiger partial charge in [-0.1, -0.05) is 62.4 Å². The highest BCUT2D eigenvalue weighted by atomic mass is 127. The average molecular weight is 583 g/mol. The average Bonchev–Trinajstić information content (AvgIpc) is 3.16. The van der Waals surface area contributed by atoms with Crippen LogP contribution in [-0.4, -0.2) is 37.6 Å². The smallest absolute Gasteiger partial charge is 0.255 e. The molecule has 0 radical (unpaired) electrons. The maximum absolute atomic E-state index is 12.7. The molecule has 0 saturated heterocycles. The second-order valence-corrected chi connectivity index (χ2v) is 10.2. The van der Waals surface area contributed by atoms with Crippen molar-refractivity contribution in [2.45, 2.75) is 52.5 Å². The van der Waals surface area contributed by atoms with E-state index < -0.39 is 11.3 Å². The molecule has 1 aromatic carbocycles. The van der Waals surface area contributed by atoms with Crippen molar-refractivity contribution in [3.63, 3.8) is 0 Å². The summed E-state index contributed by atoms with van der Waals surface area (Å²) >= 11 is 0.0609. The number of hydrogen-bond acceptors (Lipinski definition) is 4. The van der Waals surface area contributed by atoms with Crippen LogP contribution in [0.15, 0.2) is 34.7 Å². The van der Waals surface area contributed by atoms with Crippen LogP contribution in [0, 0.1) is 10.5 Å². The summed E-state index contributed by atoms with van der Waals surface area (Å²) in [6, 6.07) is 9.63. The van der Waals surface area contributed by atoms with Gasteiger partial charge in [0, 0.05) is 22.7 Å². The van der Waals surface area contributed by atoms with Gasteiger partial charge in [0.05, 0.1) is 23.2 Å². The van der Waals surface area contributed by atoms with Crippen molar-refractivity contribution in [1.29, 1.82) is 0 Å². The van der Waals surface area contributed by atoms with E-state index in [-0.39, 0.29) is 12.5 Å². The number of amides is 1. The molecule has 2 N–H and O–H groups in total. The van der Waals surface area contributed by atoms with Crippen LogP contribution < -0.4 is 5.32 Å². The van der Waals surface area contributed by atoms with E-state index in [0.29, 0.717) is 34.7 Å². The molecule has 0 aliphatic heterocycles. The molecule has 0 aliphatic carbocycles. The molecular weight excluding hydrogens is 553 g/mol. The number of hydrogen-bond donors (Lipinski definition) is 2. The molecule has 3 rings (SSSR count). The maximum atomic E-state index is 12.7. The Kier molecular flexibility index (Phi) is 9.42. The molecule has 9 heteroatoms. The van der Waals surface area contributed by atoms with Crippen molar-refractivity contribution in [2.75, 3.05) is 13.6 Å². The molecule has 1 amide bonds. The Morgan fingerprint density at radius 2 is 1.91 bits per heavy atom. The largest absolute Gasteiger partial charge is 0.437 e. The number of furan rings is 1. The van der Waals surface area contributed by atoms with E-state index in [0.717, 1.165) is 40.4 Å². The third-order valence-electron chi connectivity index (χ3n) is 5.53. The van der Waals surface area contributed by atoms with E-state index in [1.807, 2.05) is 37.3 Å². The minimum atomic E-state index is -2.10. The molecule has 2 aromatic heterocycles. The van der Waals surface area contributed by atoms with E-state index in [4.69, 9.17) is 4.42 Å². The van der Waals surface area contributed by atoms with Gasteiger partial charge in [-0.05, 0) is 42.0 Å². The topological polar surface area (TPSA) is 95.7 Å². The Balaban J connectivity index is 1.94. The summed E-state index contributed by atoms with van der Waals surface area (Å²) in [5, 5.41) is 3.31. The molecular formula is C24H30IN3O4S. The Morgan fingerprint density at radius 1 is 1.21 bits per heavy atom. The summed E-state index contributed by atoms with van der Waals surface area (Å²) in [6.07, 6.45) is 5.33. The molecule has 0 saturated carbocycles. The maximum Gasteiger partial charge on any atom is 0.255 e. The fourth-order valence-electron chi connectivity index (χ4n) is 3.68. The first-order valence-corrected chi connectivity index (χ1v) is 13.3. The number of benzene rings is 1. The lowest BCUT2D eigenvalue weighted by Gasteiger charge is -2.17. The fourth-order valence-corrected chi connectivity index (χ4v) is 4.80. The number of fused-ring (bicyclic) bond motifs is 1. The van der Waals surface area contributed by atoms with Crippen molar-refractivity contribution >= 4 is 50.9 Å². The van der Waals surface area contributed by atoms with Crippen LogP contribution in [0.4, 0.5) is 0 Å². The number of aryl methyl sites for hydroxylation is 1. The van der Waals surface area contributed by atoms with Crippen molar-refractivity contribution < 1.29 is 18.0 Å². The van der Waals surface area contributed by atoms with Crippen LogP contribution in [-0.2, 0) is 17.8 Å². The number of halogens is 1. The first-order chi connectivity index (χ1) is 15.8. The standard InChI is InChI=1S/C24H30IN3O4S/c1-4-5-6-7-8-13-28(33(30)31)15-20-19(25)14-18-21(23(29)26-3)22(32-24(18)27-20)17-11-9-16(2)10-12-17/h9-12,14H,4-8,13,15H2,1-3H3,(H,26,29)(H,30,31). The second kappa shape index (κ2) is 12.0. The SMILES string of the molecule is CCCCCCCN(Cc1nc2oc(-c3ccc(C)cc3)c(C(=O)NC)c2cc1I)S(=O)O. The number of pyridine rings is 1. The van der Waals surface area contributed by atoms with E-state index in [1.54, 1.807) is 7.05 Å². The van der Waals surface area contributed by atoms with Crippen molar-refractivity contribution in [2.24, 2.45) is 0 Å². The molecule has 33 heavy (non-hydrogen) atoms. The molecule has 0 fully saturated rings. The lowest BCUT2D eigenvalue weighted by atomic mass is 10.0. The van der Waals surface area contributed by atoms with Gasteiger partial charge in [0.2, 0.25) is 17.0 Å². The van der Waals surface area contributed by atoms with Crippen LogP contribution in [0.25, 0.3) is 22.4 Å². The summed E-state index contributed by atoms with van der Waals surface area (Å²) in [6.45, 7) is 4.89. The fraction of sp³-hybridized carbons (Fsp3) is 0.417. The summed E-state index contributed by atoms with van der Waals surface area (Å²) < 4.78 is 30.1. The first kappa shape index (κ1) is 25.8. The van der Waals surface area contributed by atoms with E-state index >= 15 is 0 Å². The molecule has 2 heterocycles. The third-order valence-corrected chi connectivity index (χ3v) is 7.22. The van der Waals surface area contributed by atoms with Gasteiger partial charge in [0.15, 0.2) is 0 Å².